The molecule has 2 heteroatoms. The summed E-state index contributed by atoms with van der Waals surface area (Å²) in [5, 5.41) is 0. The van der Waals surface area contributed by atoms with Crippen LogP contribution in [-0.4, -0.2) is 12.1 Å². The quantitative estimate of drug-likeness (QED) is 0.449. The number of carbonyl (C=O) groups excluding carboxylic acids is 1. The number of hydrogen-bond donors (Lipinski definition) is 0. The highest BCUT2D eigenvalue weighted by molar-refractivity contribution is 5.87. The van der Waals surface area contributed by atoms with Gasteiger partial charge in [0, 0.05) is 5.57 Å². The second-order valence-corrected chi connectivity index (χ2v) is 2.93. The second kappa shape index (κ2) is 3.56. The molecule has 0 aliphatic heterocycles. The molecule has 0 aromatic heterocycles. The van der Waals surface area contributed by atoms with Crippen LogP contribution in [0.1, 0.15) is 33.1 Å². The van der Waals surface area contributed by atoms with E-state index in [1.165, 1.54) is 6.42 Å². The van der Waals surface area contributed by atoms with E-state index < -0.39 is 0 Å². The highest BCUT2D eigenvalue weighted by Gasteiger charge is 2.21. The van der Waals surface area contributed by atoms with Crippen LogP contribution in [0.15, 0.2) is 11.6 Å². The predicted octanol–water partition coefficient (Wildman–Crippen LogP) is 2.05. The highest BCUT2D eigenvalue weighted by atomic mass is 16.5. The molecule has 0 aromatic rings. The van der Waals surface area contributed by atoms with Gasteiger partial charge in [0.1, 0.15) is 6.10 Å². The standard InChI is InChI=1S/C9H14O2/c1-3-7(2)9(10)11-8-5-4-6-8/h3,8H,4-6H2,1-2H3. The second-order valence-electron chi connectivity index (χ2n) is 2.93. The molecule has 0 atom stereocenters. The number of esters is 1. The molecule has 0 N–H and O–H groups in total. The maximum absolute atomic E-state index is 11.1. The minimum atomic E-state index is -0.155. The Morgan fingerprint density at radius 1 is 1.55 bits per heavy atom. The molecule has 1 fully saturated rings. The minimum absolute atomic E-state index is 0.155. The van der Waals surface area contributed by atoms with E-state index in [-0.39, 0.29) is 12.1 Å². The van der Waals surface area contributed by atoms with Crippen molar-refractivity contribution in [1.82, 2.24) is 0 Å². The number of hydrogen-bond acceptors (Lipinski definition) is 2. The van der Waals surface area contributed by atoms with Gasteiger partial charge in [-0.1, -0.05) is 6.08 Å². The van der Waals surface area contributed by atoms with Crippen molar-refractivity contribution >= 4 is 5.97 Å². The normalized spacial score (nSPS) is 19.3. The molecule has 62 valence electrons. The summed E-state index contributed by atoms with van der Waals surface area (Å²) in [7, 11) is 0. The third kappa shape index (κ3) is 2.07. The average molecular weight is 154 g/mol. The summed E-state index contributed by atoms with van der Waals surface area (Å²) in [6.45, 7) is 3.62. The molecule has 1 aliphatic rings. The van der Waals surface area contributed by atoms with Crippen LogP contribution in [-0.2, 0) is 9.53 Å². The first-order chi connectivity index (χ1) is 5.24. The van der Waals surface area contributed by atoms with Crippen LogP contribution in [0, 0.1) is 0 Å². The Labute approximate surface area is 67.2 Å². The van der Waals surface area contributed by atoms with Crippen molar-refractivity contribution in [3.63, 3.8) is 0 Å². The van der Waals surface area contributed by atoms with Crippen LogP contribution in [0.3, 0.4) is 0 Å². The van der Waals surface area contributed by atoms with Crippen LogP contribution >= 0.6 is 0 Å². The number of allylic oxidation sites excluding steroid dienone is 1. The maximum atomic E-state index is 11.1. The van der Waals surface area contributed by atoms with Gasteiger partial charge in [-0.3, -0.25) is 0 Å². The van der Waals surface area contributed by atoms with E-state index >= 15 is 0 Å². The maximum Gasteiger partial charge on any atom is 0.333 e. The number of ether oxygens (including phenoxy) is 1. The van der Waals surface area contributed by atoms with Gasteiger partial charge >= 0.3 is 5.97 Å². The lowest BCUT2D eigenvalue weighted by molar-refractivity contribution is -0.147. The Hall–Kier alpha value is -0.790. The van der Waals surface area contributed by atoms with Crippen LogP contribution in [0.4, 0.5) is 0 Å². The fourth-order valence-electron chi connectivity index (χ4n) is 0.851. The summed E-state index contributed by atoms with van der Waals surface area (Å²) < 4.78 is 5.13. The first-order valence-electron chi connectivity index (χ1n) is 4.08. The lowest BCUT2D eigenvalue weighted by atomic mass is 9.96. The zero-order chi connectivity index (χ0) is 8.27. The minimum Gasteiger partial charge on any atom is -0.459 e. The molecule has 0 unspecified atom stereocenters. The Bertz CT molecular complexity index is 178. The van der Waals surface area contributed by atoms with Crippen LogP contribution in [0.25, 0.3) is 0 Å². The molecule has 0 heterocycles. The number of rotatable bonds is 2. The van der Waals surface area contributed by atoms with E-state index in [9.17, 15) is 4.79 Å². The molecule has 0 amide bonds. The molecule has 0 spiro atoms. The first-order valence-corrected chi connectivity index (χ1v) is 4.08. The zero-order valence-corrected chi connectivity index (χ0v) is 7.09. The smallest absolute Gasteiger partial charge is 0.333 e. The molecule has 0 saturated heterocycles. The lowest BCUT2D eigenvalue weighted by Gasteiger charge is -2.25. The Kier molecular flexibility index (Phi) is 2.69. The molecular weight excluding hydrogens is 140 g/mol. The van der Waals surface area contributed by atoms with Gasteiger partial charge in [-0.25, -0.2) is 4.79 Å². The topological polar surface area (TPSA) is 26.3 Å². The van der Waals surface area contributed by atoms with E-state index in [4.69, 9.17) is 4.74 Å². The summed E-state index contributed by atoms with van der Waals surface area (Å²) in [6, 6.07) is 0. The molecule has 1 saturated carbocycles. The lowest BCUT2D eigenvalue weighted by Crippen LogP contribution is -2.25. The fraction of sp³-hybridized carbons (Fsp3) is 0.667. The first kappa shape index (κ1) is 8.31. The molecule has 1 aliphatic carbocycles. The van der Waals surface area contributed by atoms with Gasteiger partial charge in [0.05, 0.1) is 0 Å². The van der Waals surface area contributed by atoms with Gasteiger partial charge < -0.3 is 4.74 Å². The van der Waals surface area contributed by atoms with Crippen LogP contribution in [0.5, 0.6) is 0 Å². The summed E-state index contributed by atoms with van der Waals surface area (Å²) in [6.07, 6.45) is 5.27. The van der Waals surface area contributed by atoms with Crippen LogP contribution in [0.2, 0.25) is 0 Å². The molecule has 0 bridgehead atoms. The summed E-state index contributed by atoms with van der Waals surface area (Å²) >= 11 is 0. The van der Waals surface area contributed by atoms with E-state index in [0.29, 0.717) is 5.57 Å². The van der Waals surface area contributed by atoms with Crippen molar-refractivity contribution in [2.45, 2.75) is 39.2 Å². The molecule has 0 aromatic carbocycles. The van der Waals surface area contributed by atoms with Gasteiger partial charge in [-0.15, -0.1) is 0 Å². The Morgan fingerprint density at radius 3 is 2.55 bits per heavy atom. The molecule has 1 rings (SSSR count). The fourth-order valence-corrected chi connectivity index (χ4v) is 0.851. The average Bonchev–Trinajstić information content (AvgIpc) is 1.94. The van der Waals surface area contributed by atoms with Gasteiger partial charge in [0.15, 0.2) is 0 Å². The Morgan fingerprint density at radius 2 is 2.18 bits per heavy atom. The third-order valence-electron chi connectivity index (χ3n) is 2.08. The van der Waals surface area contributed by atoms with Crippen molar-refractivity contribution in [2.24, 2.45) is 0 Å². The largest absolute Gasteiger partial charge is 0.459 e. The SMILES string of the molecule is CC=C(C)C(=O)OC1CCC1. The van der Waals surface area contributed by atoms with Crippen molar-refractivity contribution in [2.75, 3.05) is 0 Å². The molecule has 11 heavy (non-hydrogen) atoms. The van der Waals surface area contributed by atoms with Crippen molar-refractivity contribution in [3.8, 4) is 0 Å². The monoisotopic (exact) mass is 154 g/mol. The molecule has 0 radical (unpaired) electrons. The molecule has 2 nitrogen and oxygen atoms in total. The van der Waals surface area contributed by atoms with E-state index in [0.717, 1.165) is 12.8 Å². The predicted molar refractivity (Wildman–Crippen MR) is 43.2 cm³/mol. The van der Waals surface area contributed by atoms with Crippen molar-refractivity contribution < 1.29 is 9.53 Å². The van der Waals surface area contributed by atoms with Gasteiger partial charge in [-0.05, 0) is 33.1 Å². The third-order valence-corrected chi connectivity index (χ3v) is 2.08. The zero-order valence-electron chi connectivity index (χ0n) is 7.09. The summed E-state index contributed by atoms with van der Waals surface area (Å²) in [4.78, 5) is 11.1. The van der Waals surface area contributed by atoms with Crippen molar-refractivity contribution in [1.29, 1.82) is 0 Å². The van der Waals surface area contributed by atoms with E-state index in [1.807, 2.05) is 6.92 Å². The summed E-state index contributed by atoms with van der Waals surface area (Å²) in [5.74, 6) is -0.155. The molecular formula is C9H14O2. The Balaban J connectivity index is 2.30. The van der Waals surface area contributed by atoms with Gasteiger partial charge in [0.2, 0.25) is 0 Å². The van der Waals surface area contributed by atoms with E-state index in [1.54, 1.807) is 13.0 Å². The van der Waals surface area contributed by atoms with E-state index in [2.05, 4.69) is 0 Å². The van der Waals surface area contributed by atoms with Crippen molar-refractivity contribution in [3.05, 3.63) is 11.6 Å². The number of carbonyl (C=O) groups is 1. The van der Waals surface area contributed by atoms with Crippen LogP contribution < -0.4 is 0 Å². The van der Waals surface area contributed by atoms with Gasteiger partial charge in [0.25, 0.3) is 0 Å². The summed E-state index contributed by atoms with van der Waals surface area (Å²) in [5.41, 5.74) is 0.705. The highest BCUT2D eigenvalue weighted by Crippen LogP contribution is 2.22. The van der Waals surface area contributed by atoms with Gasteiger partial charge in [-0.2, -0.15) is 0 Å².